The number of hydrogen-bond acceptors (Lipinski definition) is 17. The van der Waals surface area contributed by atoms with Gasteiger partial charge in [-0.25, -0.2) is 22.3 Å². The van der Waals surface area contributed by atoms with Gasteiger partial charge in [-0.05, 0) is 56.4 Å². The number of phosphoric acid groups is 2. The maximum Gasteiger partial charge on any atom is 0.472 e. The first-order valence-electron chi connectivity index (χ1n) is 19.1. The van der Waals surface area contributed by atoms with Crippen molar-refractivity contribution >= 4 is 55.0 Å². The Hall–Kier alpha value is -2.34. The van der Waals surface area contributed by atoms with Crippen LogP contribution in [0.3, 0.4) is 0 Å². The van der Waals surface area contributed by atoms with E-state index in [-0.39, 0.29) is 31.4 Å². The van der Waals surface area contributed by atoms with Crippen molar-refractivity contribution in [1.82, 2.24) is 14.9 Å². The van der Waals surface area contributed by atoms with Gasteiger partial charge in [0.05, 0.1) is 32.9 Å². The second-order valence-electron chi connectivity index (χ2n) is 13.2. The van der Waals surface area contributed by atoms with Crippen LogP contribution in [0.2, 0.25) is 0 Å². The van der Waals surface area contributed by atoms with Gasteiger partial charge in [-0.1, -0.05) is 12.8 Å². The lowest BCUT2D eigenvalue weighted by Crippen LogP contribution is -2.33. The normalized spacial score (nSPS) is 24.9. The van der Waals surface area contributed by atoms with Crippen LogP contribution in [0.15, 0.2) is 32.7 Å². The van der Waals surface area contributed by atoms with Crippen LogP contribution in [0.1, 0.15) is 77.9 Å². The van der Waals surface area contributed by atoms with E-state index >= 15 is 0 Å². The van der Waals surface area contributed by atoms with Crippen molar-refractivity contribution in [3.05, 3.63) is 49.5 Å². The Bertz CT molecular complexity index is 1920. The maximum atomic E-state index is 13.2. The zero-order chi connectivity index (χ0) is 43.6. The average molecular weight is 907 g/mol. The number of aliphatic hydroxyl groups is 1. The number of carbonyl (C=O) groups is 2. The number of nitrogens with one attached hydrogen (secondary N) is 2. The van der Waals surface area contributed by atoms with Gasteiger partial charge in [0.25, 0.3) is 5.56 Å². The number of ketones is 1. The summed E-state index contributed by atoms with van der Waals surface area (Å²) in [7, 11) is -13.1. The van der Waals surface area contributed by atoms with E-state index in [2.05, 4.69) is 10.3 Å². The number of amides is 1. The molecule has 2 fully saturated rings. The highest BCUT2D eigenvalue weighted by atomic mass is 32.2. The summed E-state index contributed by atoms with van der Waals surface area (Å²) < 4.78 is 90.0. The number of hydrogen-bond donors (Lipinski definition) is 6. The molecule has 8 atom stereocenters. The minimum Gasteiger partial charge on any atom is -0.394 e. The number of nitrogens with two attached hydrogens (primary N) is 1. The third-order valence-corrected chi connectivity index (χ3v) is 12.9. The van der Waals surface area contributed by atoms with Gasteiger partial charge >= 0.3 is 21.3 Å². The minimum atomic E-state index is -4.97. The molecule has 1 amide bonds. The average Bonchev–Trinajstić information content (AvgIpc) is 3.70. The predicted octanol–water partition coefficient (Wildman–Crippen LogP) is 1.64. The smallest absolute Gasteiger partial charge is 0.394 e. The molecule has 0 aromatic carbocycles. The first kappa shape index (κ1) is 48.3. The van der Waals surface area contributed by atoms with Gasteiger partial charge in [0.2, 0.25) is 5.91 Å². The highest BCUT2D eigenvalue weighted by Gasteiger charge is 2.44. The minimum absolute atomic E-state index is 0.101. The molecule has 25 heteroatoms. The van der Waals surface area contributed by atoms with Crippen LogP contribution in [-0.2, 0) is 56.1 Å². The van der Waals surface area contributed by atoms with Crippen molar-refractivity contribution in [3.8, 4) is 0 Å². The van der Waals surface area contributed by atoms with E-state index in [9.17, 15) is 51.6 Å². The Kier molecular flexibility index (Phi) is 20.7. The van der Waals surface area contributed by atoms with Crippen LogP contribution in [0, 0.1) is 0 Å². The van der Waals surface area contributed by atoms with E-state index in [1.807, 2.05) is 0 Å². The Labute approximate surface area is 341 Å². The Morgan fingerprint density at radius 2 is 1.81 bits per heavy atom. The standard InChI is InChI=1S/C33H54N4O17P2S2/c1-24(39)23-58(47,48)19-18-57-17-7-3-2-6-14-50-55(43,44)51-16-11-26-28(54-56(45,46)53-27-10-15-49-29(27)22-38)20-31(52-26)37-21-25(32(41)36-33(37)42)8-9-30(40)35-13-5-4-12-34/h8-9,18-19,21,26-29,31,38H,2-7,10-17,20,22-23,34H2,1H3,(H,35,40)(H,43,44)(H,45,46)(H,36,41,42)/b9-8+,19-18?/i15T. The van der Waals surface area contributed by atoms with Gasteiger partial charge in [-0.2, -0.15) is 0 Å². The quantitative estimate of drug-likeness (QED) is 0.0395. The number of carbonyl (C=O) groups excluding carboxylic acids is 2. The van der Waals surface area contributed by atoms with Crippen LogP contribution < -0.4 is 22.3 Å². The number of Topliss-reactive ketones (excluding diaryl/α,β-unsaturated/α-hetero) is 1. The molecule has 1 aromatic rings. The predicted molar refractivity (Wildman–Crippen MR) is 212 cm³/mol. The first-order chi connectivity index (χ1) is 27.8. The van der Waals surface area contributed by atoms with Crippen molar-refractivity contribution in [2.75, 3.05) is 51.0 Å². The number of aromatic amines is 1. The lowest BCUT2D eigenvalue weighted by molar-refractivity contribution is -0.116. The monoisotopic (exact) mass is 906 g/mol. The van der Waals surface area contributed by atoms with Crippen LogP contribution in [-0.4, -0.2) is 120 Å². The summed E-state index contributed by atoms with van der Waals surface area (Å²) >= 11 is 1.28. The molecule has 1 aromatic heterocycles. The van der Waals surface area contributed by atoms with E-state index in [0.717, 1.165) is 35.1 Å². The van der Waals surface area contributed by atoms with Gasteiger partial charge < -0.3 is 35.4 Å². The number of aliphatic hydroxyl groups excluding tert-OH is 1. The fourth-order valence-electron chi connectivity index (χ4n) is 5.60. The number of phosphoric ester groups is 2. The summed E-state index contributed by atoms with van der Waals surface area (Å²) in [5, 5.41) is 14.6. The molecule has 8 unspecified atom stereocenters. The summed E-state index contributed by atoms with van der Waals surface area (Å²) in [4.78, 5) is 71.8. The van der Waals surface area contributed by atoms with Crippen molar-refractivity contribution in [1.29, 1.82) is 0 Å². The van der Waals surface area contributed by atoms with Crippen LogP contribution in [0.25, 0.3) is 6.08 Å². The van der Waals surface area contributed by atoms with Crippen LogP contribution in [0.5, 0.6) is 0 Å². The Morgan fingerprint density at radius 3 is 2.53 bits per heavy atom. The molecule has 0 aliphatic carbocycles. The zero-order valence-corrected chi connectivity index (χ0v) is 35.4. The van der Waals surface area contributed by atoms with Crippen LogP contribution >= 0.6 is 27.4 Å². The summed E-state index contributed by atoms with van der Waals surface area (Å²) in [6.07, 6.45) is 0.662. The van der Waals surface area contributed by atoms with Gasteiger partial charge in [-0.15, -0.1) is 11.8 Å². The lowest BCUT2D eigenvalue weighted by atomic mass is 10.1. The second kappa shape index (κ2) is 24.8. The highest BCUT2D eigenvalue weighted by molar-refractivity contribution is 8.03. The number of nitrogens with zero attached hydrogens (tertiary/aromatic N) is 1. The topological polar surface area (TPSA) is 311 Å². The van der Waals surface area contributed by atoms with Crippen molar-refractivity contribution in [2.24, 2.45) is 5.73 Å². The molecule has 2 saturated heterocycles. The molecule has 0 radical (unpaired) electrons. The number of H-pyrrole nitrogens is 1. The largest absolute Gasteiger partial charge is 0.472 e. The number of unbranched alkanes of at least 4 members (excludes halogenated alkanes) is 4. The fraction of sp³-hybridized carbons (Fsp3) is 0.697. The summed E-state index contributed by atoms with van der Waals surface area (Å²) in [6.45, 7) is -0.304. The Balaban J connectivity index is 1.60. The fourth-order valence-corrected chi connectivity index (χ4v) is 9.71. The third-order valence-electron chi connectivity index (χ3n) is 8.39. The molecule has 2 aliphatic rings. The zero-order valence-electron chi connectivity index (χ0n) is 33.0. The van der Waals surface area contributed by atoms with E-state index in [1.165, 1.54) is 30.2 Å². The van der Waals surface area contributed by atoms with Gasteiger partial charge in [0, 0.05) is 50.1 Å². The molecule has 3 heterocycles. The molecule has 7 N–H and O–H groups in total. The van der Waals surface area contributed by atoms with Gasteiger partial charge in [0.1, 0.15) is 36.1 Å². The maximum absolute atomic E-state index is 13.2. The number of rotatable bonds is 28. The van der Waals surface area contributed by atoms with Gasteiger partial charge in [-0.3, -0.25) is 42.0 Å². The number of ether oxygens (including phenoxy) is 2. The summed E-state index contributed by atoms with van der Waals surface area (Å²) in [5.74, 6) is -0.873. The highest BCUT2D eigenvalue weighted by Crippen LogP contribution is 2.51. The number of thioether (sulfide) groups is 1. The SMILES string of the molecule is [3H]C1CC(OP(=O)(O)OC2CC(n3cc(/C=C/C(=O)NCCCCN)c(=O)[nH]c3=O)OC2CCOP(=O)(O)OCCCCCCSC=CS(=O)(=O)CC(C)=O)C(CO)O1. The molecular weight excluding hydrogens is 850 g/mol. The molecule has 0 saturated carbocycles. The van der Waals surface area contributed by atoms with E-state index < -0.39 is 105 Å². The lowest BCUT2D eigenvalue weighted by Gasteiger charge is -2.24. The van der Waals surface area contributed by atoms with E-state index in [0.29, 0.717) is 44.5 Å². The summed E-state index contributed by atoms with van der Waals surface area (Å²) in [6, 6.07) is 0. The third kappa shape index (κ3) is 18.5. The molecule has 330 valence electrons. The first-order valence-corrected chi connectivity index (χ1v) is 24.3. The van der Waals surface area contributed by atoms with E-state index in [1.54, 1.807) is 0 Å². The van der Waals surface area contributed by atoms with Crippen LogP contribution in [0.4, 0.5) is 0 Å². The second-order valence-corrected chi connectivity index (χ2v) is 19.0. The Morgan fingerprint density at radius 1 is 1.09 bits per heavy atom. The molecular formula is C33H54N4O17P2S2. The summed E-state index contributed by atoms with van der Waals surface area (Å²) in [5.41, 5.74) is 3.63. The molecule has 0 spiro atoms. The van der Waals surface area contributed by atoms with Gasteiger partial charge in [0.15, 0.2) is 9.84 Å². The van der Waals surface area contributed by atoms with Crippen molar-refractivity contribution < 1.29 is 71.0 Å². The molecule has 2 aliphatic heterocycles. The number of aromatic nitrogens is 2. The molecule has 21 nitrogen and oxygen atoms in total. The molecule has 0 bridgehead atoms. The molecule has 3 rings (SSSR count). The molecule has 58 heavy (non-hydrogen) atoms. The van der Waals surface area contributed by atoms with Crippen molar-refractivity contribution in [3.63, 3.8) is 0 Å². The number of sulfone groups is 1. The van der Waals surface area contributed by atoms with Crippen molar-refractivity contribution in [2.45, 2.75) is 95.4 Å². The van der Waals surface area contributed by atoms with E-state index in [4.69, 9.17) is 34.7 Å².